The Morgan fingerprint density at radius 1 is 0.800 bits per heavy atom. The summed E-state index contributed by atoms with van der Waals surface area (Å²) in [5, 5.41) is 12.1. The summed E-state index contributed by atoms with van der Waals surface area (Å²) in [5.41, 5.74) is 0. The fourth-order valence-corrected chi connectivity index (χ4v) is 4.53. The molecule has 83 valence electrons. The fourth-order valence-electron chi connectivity index (χ4n) is 1.27. The molecule has 1 rings (SSSR count). The maximum atomic E-state index is 12.1. The minimum absolute atomic E-state index is 0.186. The van der Waals surface area contributed by atoms with E-state index in [1.165, 1.54) is 23.5 Å². The highest BCUT2D eigenvalue weighted by Gasteiger charge is 2.17. The van der Waals surface area contributed by atoms with Crippen molar-refractivity contribution in [3.63, 3.8) is 0 Å². The van der Waals surface area contributed by atoms with E-state index in [4.69, 9.17) is 0 Å². The topological polar surface area (TPSA) is 19.9 Å². The molecule has 0 saturated heterocycles. The van der Waals surface area contributed by atoms with E-state index in [9.17, 15) is 5.11 Å². The zero-order valence-corrected chi connectivity index (χ0v) is 12.4. The number of benzene rings is 1. The van der Waals surface area contributed by atoms with E-state index in [0.29, 0.717) is 0 Å². The lowest BCUT2D eigenvalue weighted by Crippen LogP contribution is -1.85. The largest absolute Gasteiger partial charge is 0.287 e. The van der Waals surface area contributed by atoms with Gasteiger partial charge in [0, 0.05) is 9.79 Å². The van der Waals surface area contributed by atoms with Crippen LogP contribution in [0.4, 0.5) is 0 Å². The Balaban J connectivity index is 3.41. The predicted octanol–water partition coefficient (Wildman–Crippen LogP) is 4.72. The lowest BCUT2D eigenvalue weighted by atomic mass is 10.3. The van der Waals surface area contributed by atoms with Gasteiger partial charge in [-0.3, -0.25) is 5.11 Å². The van der Waals surface area contributed by atoms with Gasteiger partial charge in [-0.25, -0.2) is 0 Å². The summed E-state index contributed by atoms with van der Waals surface area (Å²) in [6.07, 6.45) is 7.94. The van der Waals surface area contributed by atoms with Gasteiger partial charge in [0.15, 0.2) is 0 Å². The molecule has 0 aromatic heterocycles. The van der Waals surface area contributed by atoms with Crippen molar-refractivity contribution in [2.75, 3.05) is 25.0 Å². The van der Waals surface area contributed by atoms with Crippen molar-refractivity contribution in [2.45, 2.75) is 19.6 Å². The average molecular weight is 277 g/mol. The first kappa shape index (κ1) is 13.5. The molecule has 0 aliphatic carbocycles. The van der Waals surface area contributed by atoms with Gasteiger partial charge < -0.3 is 0 Å². The molecule has 5 heteroatoms. The molecule has 0 N–H and O–H groups in total. The minimum Gasteiger partial charge on any atom is -0.287 e. The molecule has 1 aromatic carbocycles. The normalized spacial score (nSPS) is 10.7. The fraction of sp³-hybridized carbons (Fsp3) is 0.400. The van der Waals surface area contributed by atoms with E-state index in [1.807, 2.05) is 25.0 Å². The molecule has 0 unspecified atom stereocenters. The summed E-state index contributed by atoms with van der Waals surface area (Å²) < 4.78 is 0. The van der Waals surface area contributed by atoms with Crippen LogP contribution in [0.2, 0.25) is 0 Å². The van der Waals surface area contributed by atoms with Crippen molar-refractivity contribution in [1.29, 1.82) is 0 Å². The summed E-state index contributed by atoms with van der Waals surface area (Å²) >= 11 is 6.36. The number of hydrogen-bond donors (Lipinski definition) is 0. The molecular formula is C10H13OS4. The van der Waals surface area contributed by atoms with E-state index < -0.39 is 0 Å². The number of thioether (sulfide) groups is 4. The number of rotatable bonds is 4. The van der Waals surface area contributed by atoms with Crippen LogP contribution in [0.15, 0.2) is 25.6 Å². The van der Waals surface area contributed by atoms with Crippen LogP contribution in [0.5, 0.6) is 5.75 Å². The Labute approximate surface area is 108 Å². The van der Waals surface area contributed by atoms with Gasteiger partial charge in [0.05, 0.1) is 9.79 Å². The zero-order chi connectivity index (χ0) is 11.4. The van der Waals surface area contributed by atoms with Crippen molar-refractivity contribution in [3.05, 3.63) is 6.07 Å². The highest BCUT2D eigenvalue weighted by atomic mass is 32.2. The van der Waals surface area contributed by atoms with E-state index >= 15 is 0 Å². The zero-order valence-electron chi connectivity index (χ0n) is 9.12. The van der Waals surface area contributed by atoms with Crippen LogP contribution in [0, 0.1) is 0 Å². The third-order valence-electron chi connectivity index (χ3n) is 1.97. The summed E-state index contributed by atoms with van der Waals surface area (Å²) in [7, 11) is 0. The second-order valence-corrected chi connectivity index (χ2v) is 6.01. The van der Waals surface area contributed by atoms with Crippen LogP contribution in [0.1, 0.15) is 0 Å². The standard InChI is InChI=1S/C10H13OS4/c1-12-6-5-7(13-2)10(15-4)8(11)9(6)14-3/h5H,1-4H3. The molecule has 0 aliphatic rings. The Morgan fingerprint density at radius 3 is 1.47 bits per heavy atom. The van der Waals surface area contributed by atoms with Crippen LogP contribution >= 0.6 is 47.0 Å². The van der Waals surface area contributed by atoms with Gasteiger partial charge in [-0.15, -0.1) is 47.0 Å². The predicted molar refractivity (Wildman–Crippen MR) is 73.7 cm³/mol. The SMILES string of the molecule is CSc1cc(SC)c(SC)c([O])c1SC. The third-order valence-corrected chi connectivity index (χ3v) is 5.38. The van der Waals surface area contributed by atoms with Crippen molar-refractivity contribution in [1.82, 2.24) is 0 Å². The maximum Gasteiger partial charge on any atom is 0.207 e. The Hall–Kier alpha value is 0.420. The van der Waals surface area contributed by atoms with Gasteiger partial charge in [0.2, 0.25) is 5.75 Å². The van der Waals surface area contributed by atoms with E-state index in [2.05, 4.69) is 6.07 Å². The molecule has 1 radical (unpaired) electrons. The summed E-state index contributed by atoms with van der Waals surface area (Å²) in [6, 6.07) is 2.12. The van der Waals surface area contributed by atoms with Crippen LogP contribution in [0.25, 0.3) is 0 Å². The Morgan fingerprint density at radius 2 is 1.20 bits per heavy atom. The first-order chi connectivity index (χ1) is 7.19. The highest BCUT2D eigenvalue weighted by molar-refractivity contribution is 8.02. The summed E-state index contributed by atoms with van der Waals surface area (Å²) in [6.45, 7) is 0. The van der Waals surface area contributed by atoms with Gasteiger partial charge in [-0.1, -0.05) is 0 Å². The molecule has 0 bridgehead atoms. The Bertz CT molecular complexity index is 322. The molecule has 0 atom stereocenters. The molecule has 0 amide bonds. The Kier molecular flexibility index (Phi) is 5.60. The molecule has 0 spiro atoms. The first-order valence-electron chi connectivity index (χ1n) is 4.23. The monoisotopic (exact) mass is 277 g/mol. The molecule has 0 saturated carbocycles. The van der Waals surface area contributed by atoms with Crippen LogP contribution < -0.4 is 0 Å². The second kappa shape index (κ2) is 6.23. The lowest BCUT2D eigenvalue weighted by Gasteiger charge is -2.12. The van der Waals surface area contributed by atoms with Crippen molar-refractivity contribution in [3.8, 4) is 5.75 Å². The van der Waals surface area contributed by atoms with Crippen molar-refractivity contribution < 1.29 is 5.11 Å². The van der Waals surface area contributed by atoms with Crippen molar-refractivity contribution in [2.24, 2.45) is 0 Å². The minimum atomic E-state index is 0.186. The average Bonchev–Trinajstić information content (AvgIpc) is 2.27. The van der Waals surface area contributed by atoms with Gasteiger partial charge in [0.25, 0.3) is 0 Å². The number of hydrogen-bond acceptors (Lipinski definition) is 4. The quantitative estimate of drug-likeness (QED) is 0.742. The van der Waals surface area contributed by atoms with Gasteiger partial charge in [-0.05, 0) is 31.1 Å². The molecule has 0 heterocycles. The van der Waals surface area contributed by atoms with Crippen LogP contribution in [-0.4, -0.2) is 25.0 Å². The van der Waals surface area contributed by atoms with Gasteiger partial charge in [0.1, 0.15) is 0 Å². The third kappa shape index (κ3) is 2.75. The summed E-state index contributed by atoms with van der Waals surface area (Å²) in [5.74, 6) is 0.186. The molecular weight excluding hydrogens is 264 g/mol. The molecule has 1 nitrogen and oxygen atoms in total. The molecule has 15 heavy (non-hydrogen) atoms. The lowest BCUT2D eigenvalue weighted by molar-refractivity contribution is 0.329. The van der Waals surface area contributed by atoms with Gasteiger partial charge >= 0.3 is 0 Å². The van der Waals surface area contributed by atoms with E-state index in [-0.39, 0.29) is 5.75 Å². The molecule has 0 fully saturated rings. The summed E-state index contributed by atoms with van der Waals surface area (Å²) in [4.78, 5) is 3.94. The molecule has 1 aromatic rings. The second-order valence-electron chi connectivity index (χ2n) is 2.68. The first-order valence-corrected chi connectivity index (χ1v) is 9.13. The molecule has 0 aliphatic heterocycles. The van der Waals surface area contributed by atoms with E-state index in [1.54, 1.807) is 23.5 Å². The maximum absolute atomic E-state index is 12.1. The van der Waals surface area contributed by atoms with E-state index in [0.717, 1.165) is 19.6 Å². The van der Waals surface area contributed by atoms with Crippen LogP contribution in [-0.2, 0) is 5.11 Å². The van der Waals surface area contributed by atoms with Crippen LogP contribution in [0.3, 0.4) is 0 Å². The van der Waals surface area contributed by atoms with Gasteiger partial charge in [-0.2, -0.15) is 0 Å². The smallest absolute Gasteiger partial charge is 0.207 e. The van der Waals surface area contributed by atoms with Crippen molar-refractivity contribution >= 4 is 47.0 Å². The highest BCUT2D eigenvalue weighted by Crippen LogP contribution is 2.46.